The van der Waals surface area contributed by atoms with Crippen molar-refractivity contribution in [3.8, 4) is 0 Å². The molecule has 0 saturated heterocycles. The van der Waals surface area contributed by atoms with Gasteiger partial charge in [-0.2, -0.15) is 5.10 Å². The van der Waals surface area contributed by atoms with Crippen molar-refractivity contribution in [2.45, 2.75) is 32.9 Å². The van der Waals surface area contributed by atoms with Gasteiger partial charge in [-0.3, -0.25) is 14.3 Å². The Morgan fingerprint density at radius 1 is 1.25 bits per heavy atom. The van der Waals surface area contributed by atoms with Crippen LogP contribution in [-0.2, 0) is 13.1 Å². The van der Waals surface area contributed by atoms with Crippen molar-refractivity contribution in [2.24, 2.45) is 0 Å². The number of aryl methyl sites for hydroxylation is 1. The molecule has 0 radical (unpaired) electrons. The monoisotopic (exact) mass is 326 g/mol. The Bertz CT molecular complexity index is 724. The number of benzene rings is 1. The standard InChI is InChI=1S/C18H22N4O2/c1-2-9-19-17(23)15-12-16-18(24)21(10-6-11-22(16)20-15)13-14-7-4-3-5-8-14/h3-5,7-8,12H,2,6,9-11,13H2,1H3,(H,19,23). The number of rotatable bonds is 5. The Kier molecular flexibility index (Phi) is 4.93. The molecule has 6 heteroatoms. The molecule has 0 aliphatic carbocycles. The predicted molar refractivity (Wildman–Crippen MR) is 90.7 cm³/mol. The van der Waals surface area contributed by atoms with Gasteiger partial charge in [-0.05, 0) is 18.4 Å². The van der Waals surface area contributed by atoms with Crippen molar-refractivity contribution in [3.63, 3.8) is 0 Å². The van der Waals surface area contributed by atoms with Gasteiger partial charge in [0.15, 0.2) is 5.69 Å². The molecule has 0 bridgehead atoms. The third-order valence-corrected chi connectivity index (χ3v) is 4.07. The highest BCUT2D eigenvalue weighted by Crippen LogP contribution is 2.16. The van der Waals surface area contributed by atoms with E-state index in [2.05, 4.69) is 10.4 Å². The van der Waals surface area contributed by atoms with Crippen molar-refractivity contribution in [3.05, 3.63) is 53.3 Å². The molecule has 3 rings (SSSR count). The first kappa shape index (κ1) is 16.2. The molecule has 0 saturated carbocycles. The Labute approximate surface area is 141 Å². The van der Waals surface area contributed by atoms with Gasteiger partial charge in [-0.25, -0.2) is 0 Å². The number of carbonyl (C=O) groups excluding carboxylic acids is 2. The molecular weight excluding hydrogens is 304 g/mol. The number of aromatic nitrogens is 2. The maximum atomic E-state index is 12.8. The average molecular weight is 326 g/mol. The Morgan fingerprint density at radius 3 is 2.79 bits per heavy atom. The van der Waals surface area contributed by atoms with Gasteiger partial charge >= 0.3 is 0 Å². The van der Waals surface area contributed by atoms with E-state index in [-0.39, 0.29) is 11.8 Å². The number of carbonyl (C=O) groups is 2. The van der Waals surface area contributed by atoms with Crippen LogP contribution in [0.5, 0.6) is 0 Å². The van der Waals surface area contributed by atoms with Crippen LogP contribution in [0.2, 0.25) is 0 Å². The minimum absolute atomic E-state index is 0.0709. The summed E-state index contributed by atoms with van der Waals surface area (Å²) in [5.41, 5.74) is 1.90. The summed E-state index contributed by atoms with van der Waals surface area (Å²) in [7, 11) is 0. The van der Waals surface area contributed by atoms with E-state index in [1.165, 1.54) is 0 Å². The fraction of sp³-hybridized carbons (Fsp3) is 0.389. The average Bonchev–Trinajstić information content (AvgIpc) is 2.97. The summed E-state index contributed by atoms with van der Waals surface area (Å²) in [5, 5.41) is 7.11. The van der Waals surface area contributed by atoms with Gasteiger partial charge in [-0.1, -0.05) is 37.3 Å². The third-order valence-electron chi connectivity index (χ3n) is 4.07. The van der Waals surface area contributed by atoms with Crippen molar-refractivity contribution in [2.75, 3.05) is 13.1 Å². The Hall–Kier alpha value is -2.63. The molecule has 0 atom stereocenters. The number of nitrogens with one attached hydrogen (secondary N) is 1. The molecule has 0 fully saturated rings. The van der Waals surface area contributed by atoms with E-state index >= 15 is 0 Å². The summed E-state index contributed by atoms with van der Waals surface area (Å²) in [4.78, 5) is 26.7. The van der Waals surface area contributed by atoms with Crippen LogP contribution in [0, 0.1) is 0 Å². The fourth-order valence-electron chi connectivity index (χ4n) is 2.83. The highest BCUT2D eigenvalue weighted by molar-refractivity contribution is 5.98. The number of fused-ring (bicyclic) bond motifs is 1. The first-order chi connectivity index (χ1) is 11.7. The summed E-state index contributed by atoms with van der Waals surface area (Å²) >= 11 is 0. The lowest BCUT2D eigenvalue weighted by Crippen LogP contribution is -2.30. The molecular formula is C18H22N4O2. The third kappa shape index (κ3) is 3.48. The quantitative estimate of drug-likeness (QED) is 0.914. The molecule has 2 heterocycles. The van der Waals surface area contributed by atoms with E-state index in [4.69, 9.17) is 0 Å². The normalized spacial score (nSPS) is 14.2. The fourth-order valence-corrected chi connectivity index (χ4v) is 2.83. The summed E-state index contributed by atoms with van der Waals surface area (Å²) in [5.74, 6) is -0.293. The molecule has 1 aromatic carbocycles. The van der Waals surface area contributed by atoms with Crippen LogP contribution in [0.4, 0.5) is 0 Å². The Morgan fingerprint density at radius 2 is 2.04 bits per heavy atom. The van der Waals surface area contributed by atoms with Crippen LogP contribution < -0.4 is 5.32 Å². The number of nitrogens with zero attached hydrogens (tertiary/aromatic N) is 3. The first-order valence-electron chi connectivity index (χ1n) is 8.38. The lowest BCUT2D eigenvalue weighted by Gasteiger charge is -2.20. The van der Waals surface area contributed by atoms with Crippen molar-refractivity contribution in [1.82, 2.24) is 20.0 Å². The molecule has 1 aromatic heterocycles. The van der Waals surface area contributed by atoms with Crippen molar-refractivity contribution < 1.29 is 9.59 Å². The number of hydrogen-bond donors (Lipinski definition) is 1. The Balaban J connectivity index is 1.79. The SMILES string of the molecule is CCCNC(=O)c1cc2n(n1)CCCN(Cc1ccccc1)C2=O. The van der Waals surface area contributed by atoms with E-state index in [1.54, 1.807) is 10.7 Å². The largest absolute Gasteiger partial charge is 0.351 e. The van der Waals surface area contributed by atoms with Crippen LogP contribution in [0.3, 0.4) is 0 Å². The molecule has 1 aliphatic heterocycles. The second-order valence-electron chi connectivity index (χ2n) is 5.96. The van der Waals surface area contributed by atoms with Gasteiger partial charge in [0.05, 0.1) is 0 Å². The summed E-state index contributed by atoms with van der Waals surface area (Å²) < 4.78 is 1.66. The molecule has 126 valence electrons. The van der Waals surface area contributed by atoms with Crippen LogP contribution in [0.15, 0.2) is 36.4 Å². The van der Waals surface area contributed by atoms with Crippen molar-refractivity contribution >= 4 is 11.8 Å². The van der Waals surface area contributed by atoms with Gasteiger partial charge in [0, 0.05) is 32.2 Å². The topological polar surface area (TPSA) is 67.2 Å². The molecule has 0 spiro atoms. The highest BCUT2D eigenvalue weighted by atomic mass is 16.2. The summed E-state index contributed by atoms with van der Waals surface area (Å²) in [6, 6.07) is 11.5. The van der Waals surface area contributed by atoms with Crippen LogP contribution in [0.25, 0.3) is 0 Å². The van der Waals surface area contributed by atoms with E-state index in [0.717, 1.165) is 18.4 Å². The zero-order valence-corrected chi connectivity index (χ0v) is 13.9. The summed E-state index contributed by atoms with van der Waals surface area (Å²) in [6.45, 7) is 4.51. The van der Waals surface area contributed by atoms with E-state index < -0.39 is 0 Å². The molecule has 6 nitrogen and oxygen atoms in total. The van der Waals surface area contributed by atoms with Gasteiger partial charge in [0.25, 0.3) is 11.8 Å². The lowest BCUT2D eigenvalue weighted by atomic mass is 10.2. The molecule has 24 heavy (non-hydrogen) atoms. The molecule has 2 amide bonds. The van der Waals surface area contributed by atoms with E-state index in [0.29, 0.717) is 37.6 Å². The zero-order valence-electron chi connectivity index (χ0n) is 13.9. The minimum atomic E-state index is -0.222. The second-order valence-corrected chi connectivity index (χ2v) is 5.96. The maximum Gasteiger partial charge on any atom is 0.272 e. The van der Waals surface area contributed by atoms with Crippen LogP contribution in [0.1, 0.15) is 46.3 Å². The second kappa shape index (κ2) is 7.29. The molecule has 1 aliphatic rings. The van der Waals surface area contributed by atoms with Gasteiger partial charge < -0.3 is 10.2 Å². The molecule has 1 N–H and O–H groups in total. The zero-order chi connectivity index (χ0) is 16.9. The number of hydrogen-bond acceptors (Lipinski definition) is 3. The highest BCUT2D eigenvalue weighted by Gasteiger charge is 2.26. The van der Waals surface area contributed by atoms with Crippen LogP contribution >= 0.6 is 0 Å². The molecule has 2 aromatic rings. The van der Waals surface area contributed by atoms with E-state index in [1.807, 2.05) is 42.2 Å². The van der Waals surface area contributed by atoms with Crippen molar-refractivity contribution in [1.29, 1.82) is 0 Å². The van der Waals surface area contributed by atoms with Gasteiger partial charge in [0.1, 0.15) is 5.69 Å². The van der Waals surface area contributed by atoms with Gasteiger partial charge in [0.2, 0.25) is 0 Å². The smallest absolute Gasteiger partial charge is 0.272 e. The van der Waals surface area contributed by atoms with Crippen LogP contribution in [-0.4, -0.2) is 39.6 Å². The maximum absolute atomic E-state index is 12.8. The van der Waals surface area contributed by atoms with Gasteiger partial charge in [-0.15, -0.1) is 0 Å². The minimum Gasteiger partial charge on any atom is -0.351 e. The predicted octanol–water partition coefficient (Wildman–Crippen LogP) is 2.07. The summed E-state index contributed by atoms with van der Waals surface area (Å²) in [6.07, 6.45) is 1.69. The number of amides is 2. The van der Waals surface area contributed by atoms with E-state index in [9.17, 15) is 9.59 Å². The molecule has 0 unspecified atom stereocenters. The lowest BCUT2D eigenvalue weighted by molar-refractivity contribution is 0.0745. The first-order valence-corrected chi connectivity index (χ1v) is 8.38.